The van der Waals surface area contributed by atoms with E-state index in [0.29, 0.717) is 0 Å². The van der Waals surface area contributed by atoms with Crippen molar-refractivity contribution in [2.24, 2.45) is 4.99 Å². The van der Waals surface area contributed by atoms with Crippen molar-refractivity contribution in [1.82, 2.24) is 10.2 Å². The number of hydrogen-bond donors (Lipinski definition) is 1. The molecule has 2 aliphatic rings. The van der Waals surface area contributed by atoms with Crippen LogP contribution in [0.4, 0.5) is 4.39 Å². The molecule has 3 nitrogen and oxygen atoms in total. The minimum absolute atomic E-state index is 0.0570. The quantitative estimate of drug-likeness (QED) is 0.831. The van der Waals surface area contributed by atoms with E-state index in [4.69, 9.17) is 0 Å². The molecule has 90 valence electrons. The SMILES string of the molecule is Fc1cccc2c1CCN(CC1=NCCN1)C2. The lowest BCUT2D eigenvalue weighted by molar-refractivity contribution is 0.285. The first kappa shape index (κ1) is 10.7. The molecule has 0 radical (unpaired) electrons. The van der Waals surface area contributed by atoms with Crippen LogP contribution in [0, 0.1) is 5.82 Å². The van der Waals surface area contributed by atoms with Crippen LogP contribution in [0.1, 0.15) is 11.1 Å². The molecule has 1 N–H and O–H groups in total. The van der Waals surface area contributed by atoms with Gasteiger partial charge in [0, 0.05) is 19.6 Å². The second-order valence-electron chi connectivity index (χ2n) is 4.59. The fourth-order valence-electron chi connectivity index (χ4n) is 2.52. The summed E-state index contributed by atoms with van der Waals surface area (Å²) in [5.74, 6) is 1.02. The molecule has 0 bridgehead atoms. The molecule has 2 heterocycles. The molecule has 0 fully saturated rings. The van der Waals surface area contributed by atoms with Gasteiger partial charge < -0.3 is 5.32 Å². The van der Waals surface area contributed by atoms with E-state index < -0.39 is 0 Å². The molecule has 0 saturated heterocycles. The average Bonchev–Trinajstić information content (AvgIpc) is 2.82. The Bertz CT molecular complexity index is 456. The summed E-state index contributed by atoms with van der Waals surface area (Å²) in [6.07, 6.45) is 0.801. The summed E-state index contributed by atoms with van der Waals surface area (Å²) in [6, 6.07) is 5.37. The number of amidine groups is 1. The smallest absolute Gasteiger partial charge is 0.126 e. The summed E-state index contributed by atoms with van der Waals surface area (Å²) in [5.41, 5.74) is 2.01. The van der Waals surface area contributed by atoms with Crippen molar-refractivity contribution < 1.29 is 4.39 Å². The molecular formula is C13H16FN3. The van der Waals surface area contributed by atoms with Crippen LogP contribution in [0.5, 0.6) is 0 Å². The molecule has 0 unspecified atom stereocenters. The molecule has 0 amide bonds. The zero-order chi connectivity index (χ0) is 11.7. The Kier molecular flexibility index (Phi) is 2.81. The lowest BCUT2D eigenvalue weighted by Gasteiger charge is -2.28. The number of hydrogen-bond acceptors (Lipinski definition) is 3. The predicted octanol–water partition coefficient (Wildman–Crippen LogP) is 1.19. The van der Waals surface area contributed by atoms with E-state index in [1.165, 1.54) is 0 Å². The molecular weight excluding hydrogens is 217 g/mol. The van der Waals surface area contributed by atoms with Gasteiger partial charge in [0.05, 0.1) is 13.1 Å². The van der Waals surface area contributed by atoms with E-state index in [9.17, 15) is 4.39 Å². The Labute approximate surface area is 100 Å². The van der Waals surface area contributed by atoms with Crippen molar-refractivity contribution >= 4 is 5.84 Å². The van der Waals surface area contributed by atoms with Crippen LogP contribution in [0.2, 0.25) is 0 Å². The van der Waals surface area contributed by atoms with Gasteiger partial charge in [-0.1, -0.05) is 12.1 Å². The van der Waals surface area contributed by atoms with Gasteiger partial charge in [-0.15, -0.1) is 0 Å². The highest BCUT2D eigenvalue weighted by molar-refractivity contribution is 5.85. The van der Waals surface area contributed by atoms with Crippen molar-refractivity contribution in [2.45, 2.75) is 13.0 Å². The van der Waals surface area contributed by atoms with Gasteiger partial charge in [-0.25, -0.2) is 4.39 Å². The van der Waals surface area contributed by atoms with Crippen LogP contribution in [0.3, 0.4) is 0 Å². The first-order chi connectivity index (χ1) is 8.33. The lowest BCUT2D eigenvalue weighted by atomic mass is 9.99. The maximum atomic E-state index is 13.5. The third-order valence-corrected chi connectivity index (χ3v) is 3.40. The van der Waals surface area contributed by atoms with Gasteiger partial charge in [0.15, 0.2) is 0 Å². The molecule has 17 heavy (non-hydrogen) atoms. The van der Waals surface area contributed by atoms with E-state index in [0.717, 1.165) is 56.1 Å². The molecule has 4 heteroatoms. The van der Waals surface area contributed by atoms with Crippen LogP contribution in [0.15, 0.2) is 23.2 Å². The van der Waals surface area contributed by atoms with E-state index in [-0.39, 0.29) is 5.82 Å². The largest absolute Gasteiger partial charge is 0.371 e. The molecule has 0 saturated carbocycles. The summed E-state index contributed by atoms with van der Waals surface area (Å²) in [7, 11) is 0. The van der Waals surface area contributed by atoms with Crippen molar-refractivity contribution in [1.29, 1.82) is 0 Å². The normalized spacial score (nSPS) is 19.7. The lowest BCUT2D eigenvalue weighted by Crippen LogP contribution is -2.38. The van der Waals surface area contributed by atoms with Crippen LogP contribution in [-0.4, -0.2) is 36.9 Å². The Morgan fingerprint density at radius 2 is 2.35 bits per heavy atom. The van der Waals surface area contributed by atoms with Crippen molar-refractivity contribution in [3.8, 4) is 0 Å². The van der Waals surface area contributed by atoms with Crippen LogP contribution < -0.4 is 5.32 Å². The minimum Gasteiger partial charge on any atom is -0.371 e. The van der Waals surface area contributed by atoms with Crippen LogP contribution in [0.25, 0.3) is 0 Å². The number of nitrogens with one attached hydrogen (secondary N) is 1. The third-order valence-electron chi connectivity index (χ3n) is 3.40. The van der Waals surface area contributed by atoms with Crippen molar-refractivity contribution in [3.05, 3.63) is 35.1 Å². The highest BCUT2D eigenvalue weighted by atomic mass is 19.1. The van der Waals surface area contributed by atoms with Gasteiger partial charge in [-0.3, -0.25) is 9.89 Å². The number of halogens is 1. The first-order valence-electron chi connectivity index (χ1n) is 6.09. The Morgan fingerprint density at radius 3 is 3.18 bits per heavy atom. The van der Waals surface area contributed by atoms with Gasteiger partial charge >= 0.3 is 0 Å². The summed E-state index contributed by atoms with van der Waals surface area (Å²) in [4.78, 5) is 6.71. The summed E-state index contributed by atoms with van der Waals surface area (Å²) in [5, 5.41) is 3.27. The van der Waals surface area contributed by atoms with E-state index in [1.54, 1.807) is 12.1 Å². The molecule has 3 rings (SSSR count). The summed E-state index contributed by atoms with van der Waals surface area (Å²) < 4.78 is 13.5. The Morgan fingerprint density at radius 1 is 1.41 bits per heavy atom. The van der Waals surface area contributed by atoms with E-state index in [1.807, 2.05) is 6.07 Å². The maximum Gasteiger partial charge on any atom is 0.126 e. The van der Waals surface area contributed by atoms with Gasteiger partial charge in [0.1, 0.15) is 11.7 Å². The Balaban J connectivity index is 1.72. The van der Waals surface area contributed by atoms with Gasteiger partial charge in [0.25, 0.3) is 0 Å². The van der Waals surface area contributed by atoms with Gasteiger partial charge in [0.2, 0.25) is 0 Å². The number of benzene rings is 1. The second-order valence-corrected chi connectivity index (χ2v) is 4.59. The first-order valence-corrected chi connectivity index (χ1v) is 6.09. The number of rotatable bonds is 2. The molecule has 2 aliphatic heterocycles. The predicted molar refractivity (Wildman–Crippen MR) is 65.7 cm³/mol. The Hall–Kier alpha value is -1.42. The number of aliphatic imine (C=N–C) groups is 1. The standard InChI is InChI=1S/C13H16FN3/c14-12-3-1-2-10-8-17(7-4-11(10)12)9-13-15-5-6-16-13/h1-3H,4-9H2,(H,15,16). The molecule has 0 spiro atoms. The topological polar surface area (TPSA) is 27.6 Å². The molecule has 0 atom stereocenters. The van der Waals surface area contributed by atoms with Crippen LogP contribution in [-0.2, 0) is 13.0 Å². The average molecular weight is 233 g/mol. The monoisotopic (exact) mass is 233 g/mol. The van der Waals surface area contributed by atoms with Gasteiger partial charge in [-0.05, 0) is 23.6 Å². The molecule has 1 aromatic carbocycles. The van der Waals surface area contributed by atoms with Crippen molar-refractivity contribution in [2.75, 3.05) is 26.2 Å². The molecule has 0 aromatic heterocycles. The van der Waals surface area contributed by atoms with E-state index >= 15 is 0 Å². The zero-order valence-corrected chi connectivity index (χ0v) is 9.75. The third kappa shape index (κ3) is 2.17. The second kappa shape index (κ2) is 4.45. The maximum absolute atomic E-state index is 13.5. The minimum atomic E-state index is -0.0570. The molecule has 1 aromatic rings. The van der Waals surface area contributed by atoms with Crippen molar-refractivity contribution in [3.63, 3.8) is 0 Å². The number of fused-ring (bicyclic) bond motifs is 1. The highest BCUT2D eigenvalue weighted by Crippen LogP contribution is 2.21. The summed E-state index contributed by atoms with van der Waals surface area (Å²) >= 11 is 0. The number of nitrogens with zero attached hydrogens (tertiary/aromatic N) is 2. The zero-order valence-electron chi connectivity index (χ0n) is 9.75. The highest BCUT2D eigenvalue weighted by Gasteiger charge is 2.20. The summed E-state index contributed by atoms with van der Waals surface area (Å²) in [6.45, 7) is 4.43. The van der Waals surface area contributed by atoms with E-state index in [2.05, 4.69) is 15.2 Å². The molecule has 0 aliphatic carbocycles. The van der Waals surface area contributed by atoms with Gasteiger partial charge in [-0.2, -0.15) is 0 Å². The fourth-order valence-corrected chi connectivity index (χ4v) is 2.52. The van der Waals surface area contributed by atoms with Crippen LogP contribution >= 0.6 is 0 Å². The fraction of sp³-hybridized carbons (Fsp3) is 0.462.